The van der Waals surface area contributed by atoms with Crippen molar-refractivity contribution in [3.8, 4) is 0 Å². The minimum Gasteiger partial charge on any atom is -0.380 e. The van der Waals surface area contributed by atoms with Crippen LogP contribution in [-0.4, -0.2) is 57.6 Å². The zero-order chi connectivity index (χ0) is 20.3. The highest BCUT2D eigenvalue weighted by molar-refractivity contribution is 7.90. The maximum atomic E-state index is 13.0. The number of anilines is 1. The second-order valence-corrected chi connectivity index (χ2v) is 9.51. The number of hydrogen-bond acceptors (Lipinski definition) is 4. The predicted molar refractivity (Wildman–Crippen MR) is 114 cm³/mol. The first-order valence-electron chi connectivity index (χ1n) is 9.27. The molecular weight excluding hydrogens is 400 g/mol. The summed E-state index contributed by atoms with van der Waals surface area (Å²) in [6, 6.07) is 4.10. The maximum absolute atomic E-state index is 13.0. The molecule has 2 aromatic rings. The Morgan fingerprint density at radius 2 is 2.21 bits per heavy atom. The molecule has 28 heavy (non-hydrogen) atoms. The molecular formula is C19H27ClN4O3S. The number of aromatic nitrogens is 1. The fraction of sp³-hybridized carbons (Fsp3) is 0.474. The average Bonchev–Trinajstić information content (AvgIpc) is 3.06. The van der Waals surface area contributed by atoms with Crippen LogP contribution in [0.4, 0.5) is 5.69 Å². The number of rotatable bonds is 8. The Hall–Kier alpha value is -1.58. The highest BCUT2D eigenvalue weighted by Gasteiger charge is 2.29. The largest absolute Gasteiger partial charge is 0.380 e. The van der Waals surface area contributed by atoms with E-state index < -0.39 is 10.2 Å². The molecule has 1 aliphatic rings. The van der Waals surface area contributed by atoms with Crippen molar-refractivity contribution < 1.29 is 13.2 Å². The normalized spacial score (nSPS) is 17.9. The molecule has 1 aromatic carbocycles. The van der Waals surface area contributed by atoms with E-state index in [0.717, 1.165) is 30.4 Å². The minimum atomic E-state index is -3.72. The smallest absolute Gasteiger partial charge is 0.303 e. The fourth-order valence-electron chi connectivity index (χ4n) is 3.39. The zero-order valence-corrected chi connectivity index (χ0v) is 17.8. The van der Waals surface area contributed by atoms with Gasteiger partial charge in [-0.25, -0.2) is 0 Å². The van der Waals surface area contributed by atoms with Gasteiger partial charge in [-0.3, -0.25) is 4.31 Å². The highest BCUT2D eigenvalue weighted by Crippen LogP contribution is 2.36. The summed E-state index contributed by atoms with van der Waals surface area (Å²) in [5, 5.41) is 4.83. The van der Waals surface area contributed by atoms with Crippen LogP contribution in [0.15, 0.2) is 31.0 Å². The number of fused-ring (bicyclic) bond motifs is 1. The third kappa shape index (κ3) is 4.21. The number of nitrogens with zero attached hydrogens (tertiary/aromatic N) is 2. The Morgan fingerprint density at radius 3 is 2.86 bits per heavy atom. The predicted octanol–water partition coefficient (Wildman–Crippen LogP) is 2.89. The molecule has 1 fully saturated rings. The third-order valence-corrected chi connectivity index (χ3v) is 7.01. The summed E-state index contributed by atoms with van der Waals surface area (Å²) in [6.07, 6.45) is 5.32. The molecule has 0 spiro atoms. The molecule has 0 bridgehead atoms. The van der Waals surface area contributed by atoms with Gasteiger partial charge in [0.05, 0.1) is 29.4 Å². The first-order chi connectivity index (χ1) is 13.4. The van der Waals surface area contributed by atoms with E-state index in [9.17, 15) is 8.42 Å². The lowest BCUT2D eigenvalue weighted by atomic mass is 10.1. The highest BCUT2D eigenvalue weighted by atomic mass is 35.5. The van der Waals surface area contributed by atoms with Crippen molar-refractivity contribution >= 4 is 38.4 Å². The van der Waals surface area contributed by atoms with Crippen molar-refractivity contribution in [3.63, 3.8) is 0 Å². The number of H-pyrrole nitrogens is 1. The molecule has 1 unspecified atom stereocenters. The topological polar surface area (TPSA) is 77.7 Å². The number of nitrogens with one attached hydrogen (secondary N) is 2. The molecule has 0 aliphatic carbocycles. The van der Waals surface area contributed by atoms with Gasteiger partial charge >= 0.3 is 10.2 Å². The number of aromatic amines is 1. The van der Waals surface area contributed by atoms with E-state index in [1.165, 1.54) is 22.7 Å². The molecule has 9 heteroatoms. The lowest BCUT2D eigenvalue weighted by Gasteiger charge is -2.30. The summed E-state index contributed by atoms with van der Waals surface area (Å²) in [6.45, 7) is 5.87. The molecule has 2 N–H and O–H groups in total. The second-order valence-electron chi connectivity index (χ2n) is 7.04. The van der Waals surface area contributed by atoms with Gasteiger partial charge in [-0.05, 0) is 18.4 Å². The van der Waals surface area contributed by atoms with Gasteiger partial charge in [-0.1, -0.05) is 29.8 Å². The van der Waals surface area contributed by atoms with E-state index in [-0.39, 0.29) is 12.6 Å². The van der Waals surface area contributed by atoms with E-state index in [1.54, 1.807) is 12.3 Å². The van der Waals surface area contributed by atoms with Gasteiger partial charge in [-0.15, -0.1) is 6.58 Å². The molecule has 0 saturated carbocycles. The van der Waals surface area contributed by atoms with Gasteiger partial charge in [-0.2, -0.15) is 12.7 Å². The molecule has 154 valence electrons. The number of ether oxygens (including phenoxy) is 1. The van der Waals surface area contributed by atoms with Crippen molar-refractivity contribution in [1.82, 2.24) is 14.6 Å². The number of benzene rings is 1. The van der Waals surface area contributed by atoms with Crippen LogP contribution < -0.4 is 9.62 Å². The van der Waals surface area contributed by atoms with E-state index in [2.05, 4.69) is 16.9 Å². The lowest BCUT2D eigenvalue weighted by Crippen LogP contribution is -2.41. The van der Waals surface area contributed by atoms with Crippen molar-refractivity contribution in [2.75, 3.05) is 38.2 Å². The molecule has 0 amide bonds. The Balaban J connectivity index is 2.06. The summed E-state index contributed by atoms with van der Waals surface area (Å²) in [4.78, 5) is 3.14. The Labute approximate surface area is 171 Å². The zero-order valence-electron chi connectivity index (χ0n) is 16.2. The summed E-state index contributed by atoms with van der Waals surface area (Å²) in [7, 11) is -0.685. The Morgan fingerprint density at radius 1 is 1.43 bits per heavy atom. The maximum Gasteiger partial charge on any atom is 0.303 e. The number of halogens is 1. The molecule has 2 heterocycles. The van der Waals surface area contributed by atoms with Gasteiger partial charge in [0, 0.05) is 44.9 Å². The second kappa shape index (κ2) is 8.84. The lowest BCUT2D eigenvalue weighted by molar-refractivity contribution is 0.0699. The van der Waals surface area contributed by atoms with Crippen molar-refractivity contribution in [1.29, 1.82) is 0 Å². The van der Waals surface area contributed by atoms with Crippen LogP contribution in [0.3, 0.4) is 0 Å². The quantitative estimate of drug-likeness (QED) is 0.636. The molecule has 1 aliphatic heterocycles. The summed E-state index contributed by atoms with van der Waals surface area (Å²) in [5.41, 5.74) is 2.14. The molecule has 3 rings (SSSR count). The molecule has 1 aromatic heterocycles. The first-order valence-corrected chi connectivity index (χ1v) is 11.0. The first kappa shape index (κ1) is 21.1. The van der Waals surface area contributed by atoms with Gasteiger partial charge in [0.2, 0.25) is 0 Å². The standard InChI is InChI=1S/C19H27ClN4O3S/c1-4-9-24(28(25,26)23(2)3)19-14(11-21-15-6-5-10-27-13-15)7-8-16-17(20)12-22-18(16)19/h4,7-8,12,15,21-22H,1,5-6,9-11,13H2,2-3H3. The van der Waals surface area contributed by atoms with Crippen LogP contribution in [0, 0.1) is 0 Å². The van der Waals surface area contributed by atoms with Crippen LogP contribution >= 0.6 is 11.6 Å². The van der Waals surface area contributed by atoms with Crippen molar-refractivity contribution in [3.05, 3.63) is 41.6 Å². The number of hydrogen-bond donors (Lipinski definition) is 2. The molecule has 0 radical (unpaired) electrons. The Kier molecular flexibility index (Phi) is 6.67. The fourth-order valence-corrected chi connectivity index (χ4v) is 4.73. The molecule has 1 atom stereocenters. The Bertz CT molecular complexity index is 936. The van der Waals surface area contributed by atoms with Gasteiger partial charge < -0.3 is 15.0 Å². The van der Waals surface area contributed by atoms with Crippen LogP contribution in [0.2, 0.25) is 5.02 Å². The summed E-state index contributed by atoms with van der Waals surface area (Å²) < 4.78 is 34.2. The molecule has 7 nitrogen and oxygen atoms in total. The molecule has 1 saturated heterocycles. The van der Waals surface area contributed by atoms with Gasteiger partial charge in [0.15, 0.2) is 0 Å². The van der Waals surface area contributed by atoms with E-state index in [1.807, 2.05) is 12.1 Å². The van der Waals surface area contributed by atoms with Crippen LogP contribution in [-0.2, 0) is 21.5 Å². The van der Waals surface area contributed by atoms with E-state index in [4.69, 9.17) is 16.3 Å². The van der Waals surface area contributed by atoms with Crippen molar-refractivity contribution in [2.24, 2.45) is 0 Å². The van der Waals surface area contributed by atoms with E-state index >= 15 is 0 Å². The minimum absolute atomic E-state index is 0.149. The van der Waals surface area contributed by atoms with Crippen LogP contribution in [0.1, 0.15) is 18.4 Å². The monoisotopic (exact) mass is 426 g/mol. The van der Waals surface area contributed by atoms with Crippen LogP contribution in [0.25, 0.3) is 10.9 Å². The van der Waals surface area contributed by atoms with Crippen LogP contribution in [0.5, 0.6) is 0 Å². The van der Waals surface area contributed by atoms with Gasteiger partial charge in [0.25, 0.3) is 0 Å². The van der Waals surface area contributed by atoms with E-state index in [0.29, 0.717) is 29.4 Å². The summed E-state index contributed by atoms with van der Waals surface area (Å²) in [5.74, 6) is 0. The summed E-state index contributed by atoms with van der Waals surface area (Å²) >= 11 is 6.29. The van der Waals surface area contributed by atoms with Gasteiger partial charge in [0.1, 0.15) is 0 Å². The third-order valence-electron chi connectivity index (χ3n) is 4.89. The average molecular weight is 427 g/mol. The SMILES string of the molecule is C=CCN(c1c(CNC2CCCOC2)ccc2c(Cl)c[nH]c12)S(=O)(=O)N(C)C. The van der Waals surface area contributed by atoms with Crippen molar-refractivity contribution in [2.45, 2.75) is 25.4 Å².